The second-order valence-electron chi connectivity index (χ2n) is 11.0. The number of sulfone groups is 1. The minimum Gasteiger partial charge on any atom is -0.477 e. The van der Waals surface area contributed by atoms with Crippen LogP contribution >= 0.6 is 0 Å². The molecule has 13 nitrogen and oxygen atoms in total. The van der Waals surface area contributed by atoms with Gasteiger partial charge < -0.3 is 15.4 Å². The average Bonchev–Trinajstić information content (AvgIpc) is 3.29. The van der Waals surface area contributed by atoms with Gasteiger partial charge in [-0.15, -0.1) is 0 Å². The summed E-state index contributed by atoms with van der Waals surface area (Å²) < 4.78 is 33.2. The zero-order valence-corrected chi connectivity index (χ0v) is 22.7. The molecule has 0 spiro atoms. The van der Waals surface area contributed by atoms with E-state index in [4.69, 9.17) is 15.5 Å². The van der Waals surface area contributed by atoms with Gasteiger partial charge in [-0.05, 0) is 50.5 Å². The first-order valence-electron chi connectivity index (χ1n) is 13.4. The van der Waals surface area contributed by atoms with Crippen molar-refractivity contribution in [2.45, 2.75) is 61.4 Å². The number of H-pyrrole nitrogens is 1. The molecule has 2 aliphatic heterocycles. The maximum atomic E-state index is 13.1. The summed E-state index contributed by atoms with van der Waals surface area (Å²) in [6.07, 6.45) is 11.0. The largest absolute Gasteiger partial charge is 0.477 e. The van der Waals surface area contributed by atoms with E-state index in [0.29, 0.717) is 48.2 Å². The fraction of sp³-hybridized carbons (Fsp3) is 0.462. The van der Waals surface area contributed by atoms with Gasteiger partial charge in [0.05, 0.1) is 18.5 Å². The summed E-state index contributed by atoms with van der Waals surface area (Å²) >= 11 is 0. The Morgan fingerprint density at radius 1 is 1.12 bits per heavy atom. The number of pyridine rings is 1. The third-order valence-corrected chi connectivity index (χ3v) is 9.38. The Balaban J connectivity index is 1.25. The van der Waals surface area contributed by atoms with Crippen LogP contribution in [0.5, 0.6) is 5.88 Å². The molecule has 2 saturated heterocycles. The number of nitrogens with two attached hydrogens (primary N) is 1. The number of amides is 1. The smallest absolute Gasteiger partial charge is 0.291 e. The number of nitrogens with one attached hydrogen (secondary N) is 1. The van der Waals surface area contributed by atoms with Crippen molar-refractivity contribution in [3.05, 3.63) is 42.4 Å². The Bertz CT molecular complexity index is 1680. The van der Waals surface area contributed by atoms with E-state index in [0.717, 1.165) is 24.7 Å². The first-order valence-corrected chi connectivity index (χ1v) is 15.3. The second kappa shape index (κ2) is 9.25. The van der Waals surface area contributed by atoms with Crippen molar-refractivity contribution in [3.8, 4) is 17.0 Å². The molecule has 0 radical (unpaired) electrons. The van der Waals surface area contributed by atoms with Gasteiger partial charge >= 0.3 is 0 Å². The van der Waals surface area contributed by atoms with Gasteiger partial charge in [-0.2, -0.15) is 14.7 Å². The van der Waals surface area contributed by atoms with Crippen LogP contribution in [-0.4, -0.2) is 78.9 Å². The first kappa shape index (κ1) is 24.9. The van der Waals surface area contributed by atoms with Gasteiger partial charge in [0.15, 0.2) is 15.5 Å². The predicted octanol–water partition coefficient (Wildman–Crippen LogP) is 2.23. The Hall–Kier alpha value is -4.07. The van der Waals surface area contributed by atoms with Gasteiger partial charge in [-0.1, -0.05) is 0 Å². The molecule has 0 aromatic carbocycles. The lowest BCUT2D eigenvalue weighted by Gasteiger charge is -2.38. The second-order valence-corrected chi connectivity index (χ2v) is 13.0. The summed E-state index contributed by atoms with van der Waals surface area (Å²) in [6, 6.07) is 3.58. The molecule has 4 aromatic heterocycles. The molecule has 7 rings (SSSR count). The monoisotopic (exact) mass is 563 g/mol. The maximum Gasteiger partial charge on any atom is 0.291 e. The number of aromatic amines is 1. The molecule has 2 unspecified atom stereocenters. The molecule has 2 bridgehead atoms. The molecular weight excluding hydrogens is 534 g/mol. The molecular formula is C26H29N9O4S. The number of aromatic nitrogens is 7. The fourth-order valence-corrected chi connectivity index (χ4v) is 7.21. The number of hydrogen-bond donors (Lipinski definition) is 2. The zero-order chi connectivity index (χ0) is 27.6. The summed E-state index contributed by atoms with van der Waals surface area (Å²) in [7, 11) is -3.74. The van der Waals surface area contributed by atoms with E-state index >= 15 is 0 Å². The van der Waals surface area contributed by atoms with Gasteiger partial charge in [0.2, 0.25) is 11.7 Å². The number of piperidine rings is 1. The standard InChI is InChI=1S/C26H29N9O4S/c1-40(37,38)22-21(16-8-17-5-6-18(9-16)34(17)26(36)24-29-13-30-33-24)32-25-19(11-31-35(25)23(22)27)15-4-7-20(28-10-15)39-12-14-2-3-14/h4,7,10-11,13-14,16-18H,2-3,5-6,8-9,12,27H2,1H3,(H,29,30,33). The van der Waals surface area contributed by atoms with Crippen LogP contribution in [0.1, 0.15) is 60.8 Å². The minimum absolute atomic E-state index is 0.00369. The number of hydrogen-bond acceptors (Lipinski definition) is 10. The average molecular weight is 564 g/mol. The van der Waals surface area contributed by atoms with Gasteiger partial charge in [0.1, 0.15) is 17.0 Å². The van der Waals surface area contributed by atoms with Crippen molar-refractivity contribution in [2.24, 2.45) is 5.92 Å². The molecule has 2 atom stereocenters. The minimum atomic E-state index is -3.74. The van der Waals surface area contributed by atoms with E-state index in [1.165, 1.54) is 23.7 Å². The molecule has 3 N–H and O–H groups in total. The molecule has 3 aliphatic rings. The van der Waals surface area contributed by atoms with E-state index in [2.05, 4.69) is 25.3 Å². The number of carbonyl (C=O) groups excluding carboxylic acids is 1. The van der Waals surface area contributed by atoms with Crippen molar-refractivity contribution in [1.82, 2.24) is 39.7 Å². The lowest BCUT2D eigenvalue weighted by Crippen LogP contribution is -2.46. The highest BCUT2D eigenvalue weighted by molar-refractivity contribution is 7.91. The Labute approximate surface area is 230 Å². The summed E-state index contributed by atoms with van der Waals surface area (Å²) in [5, 5.41) is 10.8. The van der Waals surface area contributed by atoms with Gasteiger partial charge in [-0.25, -0.2) is 23.4 Å². The van der Waals surface area contributed by atoms with E-state index in [1.54, 1.807) is 12.4 Å². The lowest BCUT2D eigenvalue weighted by molar-refractivity contribution is 0.0556. The van der Waals surface area contributed by atoms with Crippen molar-refractivity contribution in [1.29, 1.82) is 0 Å². The Morgan fingerprint density at radius 3 is 2.52 bits per heavy atom. The van der Waals surface area contributed by atoms with Crippen molar-refractivity contribution < 1.29 is 17.9 Å². The number of nitrogens with zero attached hydrogens (tertiary/aromatic N) is 7. The number of anilines is 1. The third kappa shape index (κ3) is 4.26. The van der Waals surface area contributed by atoms with Gasteiger partial charge in [0, 0.05) is 47.6 Å². The predicted molar refractivity (Wildman–Crippen MR) is 143 cm³/mol. The molecule has 1 amide bonds. The van der Waals surface area contributed by atoms with E-state index in [1.807, 2.05) is 17.0 Å². The van der Waals surface area contributed by atoms with Crippen LogP contribution in [0.15, 0.2) is 35.7 Å². The number of carbonyl (C=O) groups is 1. The summed E-state index contributed by atoms with van der Waals surface area (Å²) in [4.78, 5) is 28.4. The van der Waals surface area contributed by atoms with Crippen LogP contribution in [0, 0.1) is 5.92 Å². The molecule has 4 aromatic rings. The van der Waals surface area contributed by atoms with Crippen LogP contribution in [0.3, 0.4) is 0 Å². The van der Waals surface area contributed by atoms with E-state index in [9.17, 15) is 13.2 Å². The molecule has 6 heterocycles. The summed E-state index contributed by atoms with van der Waals surface area (Å²) in [5.41, 5.74) is 8.83. The highest BCUT2D eigenvalue weighted by Gasteiger charge is 2.46. The van der Waals surface area contributed by atoms with E-state index in [-0.39, 0.29) is 40.4 Å². The topological polar surface area (TPSA) is 174 Å². The Kier molecular flexibility index (Phi) is 5.77. The molecule has 3 fully saturated rings. The third-order valence-electron chi connectivity index (χ3n) is 8.22. The first-order chi connectivity index (χ1) is 19.3. The van der Waals surface area contributed by atoms with Crippen molar-refractivity contribution in [3.63, 3.8) is 0 Å². The van der Waals surface area contributed by atoms with Gasteiger partial charge in [0.25, 0.3) is 5.91 Å². The summed E-state index contributed by atoms with van der Waals surface area (Å²) in [6.45, 7) is 0.670. The quantitative estimate of drug-likeness (QED) is 0.339. The van der Waals surface area contributed by atoms with E-state index < -0.39 is 9.84 Å². The van der Waals surface area contributed by atoms with Crippen LogP contribution in [-0.2, 0) is 9.84 Å². The highest BCUT2D eigenvalue weighted by Crippen LogP contribution is 2.45. The van der Waals surface area contributed by atoms with Gasteiger partial charge in [-0.3, -0.25) is 9.89 Å². The highest BCUT2D eigenvalue weighted by atomic mass is 32.2. The normalized spacial score (nSPS) is 22.6. The zero-order valence-electron chi connectivity index (χ0n) is 21.9. The Morgan fingerprint density at radius 2 is 1.90 bits per heavy atom. The van der Waals surface area contributed by atoms with Crippen molar-refractivity contribution >= 4 is 27.2 Å². The van der Waals surface area contributed by atoms with Crippen LogP contribution in [0.2, 0.25) is 0 Å². The van der Waals surface area contributed by atoms with Crippen LogP contribution in [0.4, 0.5) is 5.82 Å². The van der Waals surface area contributed by atoms with Crippen LogP contribution < -0.4 is 10.5 Å². The fourth-order valence-electron chi connectivity index (χ4n) is 6.15. The van der Waals surface area contributed by atoms with Crippen LogP contribution in [0.25, 0.3) is 16.8 Å². The molecule has 1 aliphatic carbocycles. The molecule has 208 valence electrons. The lowest BCUT2D eigenvalue weighted by atomic mass is 9.87. The number of fused-ring (bicyclic) bond motifs is 3. The number of rotatable bonds is 7. The molecule has 40 heavy (non-hydrogen) atoms. The number of ether oxygens (including phenoxy) is 1. The van der Waals surface area contributed by atoms with Crippen molar-refractivity contribution in [2.75, 3.05) is 18.6 Å². The molecule has 1 saturated carbocycles. The molecule has 14 heteroatoms. The summed E-state index contributed by atoms with van der Waals surface area (Å²) in [5.74, 6) is 1.02. The maximum absolute atomic E-state index is 13.1. The SMILES string of the molecule is CS(=O)(=O)c1c(C2CC3CCC(C2)N3C(=O)c2ncn[nH]2)nc2c(-c3ccc(OCC4CC4)nc3)cnn2c1N. The number of nitrogen functional groups attached to an aromatic ring is 1.